The van der Waals surface area contributed by atoms with Crippen LogP contribution in [0.2, 0.25) is 0 Å². The van der Waals surface area contributed by atoms with Gasteiger partial charge in [0.25, 0.3) is 10.0 Å². The Balaban J connectivity index is 1.24. The van der Waals surface area contributed by atoms with Gasteiger partial charge in [-0.3, -0.25) is 14.4 Å². The van der Waals surface area contributed by atoms with Crippen molar-refractivity contribution in [3.8, 4) is 0 Å². The number of benzene rings is 2. The van der Waals surface area contributed by atoms with Crippen LogP contribution in [0.25, 0.3) is 0 Å². The standard InChI is InChI=1S/C24H27N3O3S2/c28-23(25-17-20-5-7-21(8-6-20)18-27-13-1-2-14-27)16-19-9-11-22(12-10-19)26-32(29,30)24-4-3-15-31-24/h3-12,15,26H,1-2,13-14,16-18H2,(H,25,28). The summed E-state index contributed by atoms with van der Waals surface area (Å²) in [6.45, 7) is 3.84. The monoisotopic (exact) mass is 469 g/mol. The van der Waals surface area contributed by atoms with E-state index in [0.717, 1.165) is 17.7 Å². The third kappa shape index (κ3) is 6.18. The Morgan fingerprint density at radius 3 is 2.22 bits per heavy atom. The number of nitrogens with one attached hydrogen (secondary N) is 2. The minimum absolute atomic E-state index is 0.0712. The summed E-state index contributed by atoms with van der Waals surface area (Å²) >= 11 is 1.17. The molecule has 6 nitrogen and oxygen atoms in total. The summed E-state index contributed by atoms with van der Waals surface area (Å²) in [7, 11) is -3.57. The first kappa shape index (κ1) is 22.5. The normalized spacial score (nSPS) is 14.4. The molecule has 3 aromatic rings. The number of thiophene rings is 1. The Kier molecular flexibility index (Phi) is 7.24. The number of hydrogen-bond donors (Lipinski definition) is 2. The van der Waals surface area contributed by atoms with Crippen molar-refractivity contribution in [3.05, 3.63) is 82.7 Å². The average molecular weight is 470 g/mol. The lowest BCUT2D eigenvalue weighted by atomic mass is 10.1. The second-order valence-electron chi connectivity index (χ2n) is 7.99. The molecule has 0 bridgehead atoms. The van der Waals surface area contributed by atoms with Gasteiger partial charge in [0.1, 0.15) is 4.21 Å². The van der Waals surface area contributed by atoms with Crippen molar-refractivity contribution in [3.63, 3.8) is 0 Å². The van der Waals surface area contributed by atoms with Crippen molar-refractivity contribution in [1.29, 1.82) is 0 Å². The van der Waals surface area contributed by atoms with Gasteiger partial charge in [0.15, 0.2) is 0 Å². The van der Waals surface area contributed by atoms with Crippen molar-refractivity contribution in [1.82, 2.24) is 10.2 Å². The molecule has 1 amide bonds. The Hall–Kier alpha value is -2.68. The summed E-state index contributed by atoms with van der Waals surface area (Å²) in [6.07, 6.45) is 2.82. The topological polar surface area (TPSA) is 78.5 Å². The van der Waals surface area contributed by atoms with Crippen molar-refractivity contribution in [2.24, 2.45) is 0 Å². The van der Waals surface area contributed by atoms with Crippen LogP contribution < -0.4 is 10.0 Å². The van der Waals surface area contributed by atoms with Gasteiger partial charge in [0.05, 0.1) is 6.42 Å². The number of sulfonamides is 1. The number of nitrogens with zero attached hydrogens (tertiary/aromatic N) is 1. The van der Waals surface area contributed by atoms with Gasteiger partial charge in [-0.05, 0) is 66.2 Å². The van der Waals surface area contributed by atoms with Gasteiger partial charge in [-0.25, -0.2) is 8.42 Å². The lowest BCUT2D eigenvalue weighted by Gasteiger charge is -2.14. The van der Waals surface area contributed by atoms with E-state index < -0.39 is 10.0 Å². The van der Waals surface area contributed by atoms with Gasteiger partial charge in [-0.1, -0.05) is 42.5 Å². The highest BCUT2D eigenvalue weighted by Crippen LogP contribution is 2.20. The molecule has 4 rings (SSSR count). The van der Waals surface area contributed by atoms with Crippen LogP contribution in [0.1, 0.15) is 29.5 Å². The molecule has 1 aliphatic rings. The fourth-order valence-corrected chi connectivity index (χ4v) is 5.77. The Morgan fingerprint density at radius 1 is 0.906 bits per heavy atom. The fourth-order valence-electron chi connectivity index (χ4n) is 3.72. The first-order valence-corrected chi connectivity index (χ1v) is 13.1. The molecule has 0 unspecified atom stereocenters. The molecule has 1 saturated heterocycles. The van der Waals surface area contributed by atoms with E-state index in [4.69, 9.17) is 0 Å². The van der Waals surface area contributed by atoms with Crippen molar-refractivity contribution >= 4 is 33.0 Å². The van der Waals surface area contributed by atoms with E-state index in [2.05, 4.69) is 39.2 Å². The quantitative estimate of drug-likeness (QED) is 0.497. The Morgan fingerprint density at radius 2 is 1.56 bits per heavy atom. The molecular weight excluding hydrogens is 442 g/mol. The van der Waals surface area contributed by atoms with Gasteiger partial charge in [0.2, 0.25) is 5.91 Å². The van der Waals surface area contributed by atoms with E-state index in [-0.39, 0.29) is 16.5 Å². The number of carbonyl (C=O) groups is 1. The number of amides is 1. The van der Waals surface area contributed by atoms with Crippen molar-refractivity contribution in [2.45, 2.75) is 36.6 Å². The van der Waals surface area contributed by atoms with E-state index in [1.807, 2.05) is 0 Å². The van der Waals surface area contributed by atoms with Crippen LogP contribution in [-0.4, -0.2) is 32.3 Å². The third-order valence-electron chi connectivity index (χ3n) is 5.45. The fraction of sp³-hybridized carbons (Fsp3) is 0.292. The molecule has 0 radical (unpaired) electrons. The molecule has 8 heteroatoms. The summed E-state index contributed by atoms with van der Waals surface area (Å²) in [5.74, 6) is -0.0712. The minimum Gasteiger partial charge on any atom is -0.352 e. The second kappa shape index (κ2) is 10.3. The predicted molar refractivity (Wildman–Crippen MR) is 128 cm³/mol. The molecule has 0 spiro atoms. The van der Waals surface area contributed by atoms with Crippen LogP contribution in [0.15, 0.2) is 70.3 Å². The van der Waals surface area contributed by atoms with Crippen LogP contribution in [0.5, 0.6) is 0 Å². The average Bonchev–Trinajstić information content (AvgIpc) is 3.49. The van der Waals surface area contributed by atoms with Crippen LogP contribution in [-0.2, 0) is 34.3 Å². The molecular formula is C24H27N3O3S2. The van der Waals surface area contributed by atoms with Crippen LogP contribution >= 0.6 is 11.3 Å². The smallest absolute Gasteiger partial charge is 0.271 e. The number of hydrogen-bond acceptors (Lipinski definition) is 5. The lowest BCUT2D eigenvalue weighted by molar-refractivity contribution is -0.120. The van der Waals surface area contributed by atoms with Gasteiger partial charge < -0.3 is 5.32 Å². The van der Waals surface area contributed by atoms with Crippen LogP contribution in [0.4, 0.5) is 5.69 Å². The molecule has 1 aromatic heterocycles. The summed E-state index contributed by atoms with van der Waals surface area (Å²) in [6, 6.07) is 18.5. The van der Waals surface area contributed by atoms with E-state index >= 15 is 0 Å². The third-order valence-corrected chi connectivity index (χ3v) is 8.23. The summed E-state index contributed by atoms with van der Waals surface area (Å²) in [5, 5.41) is 4.67. The molecule has 168 valence electrons. The summed E-state index contributed by atoms with van der Waals surface area (Å²) in [4.78, 5) is 14.8. The first-order chi connectivity index (χ1) is 15.5. The minimum atomic E-state index is -3.57. The van der Waals surface area contributed by atoms with Gasteiger partial charge >= 0.3 is 0 Å². The van der Waals surface area contributed by atoms with E-state index in [1.54, 1.807) is 41.8 Å². The molecule has 0 atom stereocenters. The van der Waals surface area contributed by atoms with Gasteiger partial charge in [-0.2, -0.15) is 0 Å². The maximum atomic E-state index is 12.3. The maximum Gasteiger partial charge on any atom is 0.271 e. The van der Waals surface area contributed by atoms with Crippen LogP contribution in [0, 0.1) is 0 Å². The van der Waals surface area contributed by atoms with Crippen molar-refractivity contribution in [2.75, 3.05) is 17.8 Å². The highest BCUT2D eigenvalue weighted by Gasteiger charge is 2.15. The zero-order valence-corrected chi connectivity index (χ0v) is 19.4. The largest absolute Gasteiger partial charge is 0.352 e. The summed E-state index contributed by atoms with van der Waals surface area (Å²) in [5.41, 5.74) is 3.66. The molecule has 1 aliphatic heterocycles. The van der Waals surface area contributed by atoms with E-state index in [9.17, 15) is 13.2 Å². The second-order valence-corrected chi connectivity index (χ2v) is 10.8. The predicted octanol–water partition coefficient (Wildman–Crippen LogP) is 4.00. The molecule has 1 fully saturated rings. The zero-order chi connectivity index (χ0) is 22.4. The van der Waals surface area contributed by atoms with Crippen molar-refractivity contribution < 1.29 is 13.2 Å². The highest BCUT2D eigenvalue weighted by molar-refractivity contribution is 7.94. The van der Waals surface area contributed by atoms with Gasteiger partial charge in [0, 0.05) is 18.8 Å². The number of carbonyl (C=O) groups excluding carboxylic acids is 1. The highest BCUT2D eigenvalue weighted by atomic mass is 32.2. The van der Waals surface area contributed by atoms with Gasteiger partial charge in [-0.15, -0.1) is 11.3 Å². The lowest BCUT2D eigenvalue weighted by Crippen LogP contribution is -2.24. The molecule has 0 aliphatic carbocycles. The van der Waals surface area contributed by atoms with E-state index in [1.165, 1.54) is 42.8 Å². The number of anilines is 1. The Labute approximate surface area is 193 Å². The Bertz CT molecular complexity index is 1120. The maximum absolute atomic E-state index is 12.3. The summed E-state index contributed by atoms with van der Waals surface area (Å²) < 4.78 is 27.4. The molecule has 2 heterocycles. The first-order valence-electron chi connectivity index (χ1n) is 10.7. The molecule has 32 heavy (non-hydrogen) atoms. The number of rotatable bonds is 9. The zero-order valence-electron chi connectivity index (χ0n) is 17.8. The number of likely N-dealkylation sites (tertiary alicyclic amines) is 1. The molecule has 2 aromatic carbocycles. The van der Waals surface area contributed by atoms with Crippen LogP contribution in [0.3, 0.4) is 0 Å². The van der Waals surface area contributed by atoms with E-state index in [0.29, 0.717) is 12.2 Å². The molecule has 2 N–H and O–H groups in total. The molecule has 0 saturated carbocycles. The SMILES string of the molecule is O=C(Cc1ccc(NS(=O)(=O)c2cccs2)cc1)NCc1ccc(CN2CCCC2)cc1.